The summed E-state index contributed by atoms with van der Waals surface area (Å²) in [5.74, 6) is 3.92. The molecule has 92 valence electrons. The van der Waals surface area contributed by atoms with Gasteiger partial charge in [0.15, 0.2) is 0 Å². The minimum atomic E-state index is 0.794. The van der Waals surface area contributed by atoms with Crippen LogP contribution in [-0.2, 0) is 4.74 Å². The number of hydrogen-bond acceptors (Lipinski definition) is 1. The second-order valence-electron chi connectivity index (χ2n) is 5.93. The van der Waals surface area contributed by atoms with Gasteiger partial charge in [0.25, 0.3) is 0 Å². The van der Waals surface area contributed by atoms with Gasteiger partial charge in [-0.05, 0) is 43.6 Å². The lowest BCUT2D eigenvalue weighted by Gasteiger charge is -2.28. The third-order valence-corrected chi connectivity index (χ3v) is 4.40. The molecule has 0 bridgehead atoms. The zero-order valence-electron chi connectivity index (χ0n) is 10.9. The quantitative estimate of drug-likeness (QED) is 0.681. The van der Waals surface area contributed by atoms with E-state index in [0.29, 0.717) is 0 Å². The molecule has 16 heavy (non-hydrogen) atoms. The molecule has 2 aliphatic rings. The van der Waals surface area contributed by atoms with E-state index in [9.17, 15) is 0 Å². The Hall–Kier alpha value is -0.460. The van der Waals surface area contributed by atoms with E-state index in [2.05, 4.69) is 19.9 Å². The predicted octanol–water partition coefficient (Wildman–Crippen LogP) is 4.53. The normalized spacial score (nSPS) is 35.4. The van der Waals surface area contributed by atoms with Crippen LogP contribution in [0.3, 0.4) is 0 Å². The van der Waals surface area contributed by atoms with Crippen molar-refractivity contribution in [1.29, 1.82) is 0 Å². The van der Waals surface area contributed by atoms with E-state index in [1.165, 1.54) is 44.9 Å². The Bertz CT molecular complexity index is 236. The van der Waals surface area contributed by atoms with E-state index in [1.54, 1.807) is 0 Å². The summed E-state index contributed by atoms with van der Waals surface area (Å²) >= 11 is 0. The lowest BCUT2D eigenvalue weighted by atomic mass is 9.79. The lowest BCUT2D eigenvalue weighted by molar-refractivity contribution is 0.135. The monoisotopic (exact) mass is 222 g/mol. The Balaban J connectivity index is 1.64. The van der Waals surface area contributed by atoms with Gasteiger partial charge < -0.3 is 4.74 Å². The molecule has 1 aliphatic carbocycles. The minimum Gasteiger partial charge on any atom is -0.498 e. The van der Waals surface area contributed by atoms with Gasteiger partial charge >= 0.3 is 0 Å². The Kier molecular flexibility index (Phi) is 4.31. The third kappa shape index (κ3) is 3.54. The first-order valence-electron chi connectivity index (χ1n) is 7.03. The molecule has 1 atom stereocenters. The Morgan fingerprint density at radius 2 is 1.81 bits per heavy atom. The van der Waals surface area contributed by atoms with Gasteiger partial charge in [-0.15, -0.1) is 0 Å². The number of hydrogen-bond donors (Lipinski definition) is 0. The summed E-state index contributed by atoms with van der Waals surface area (Å²) in [4.78, 5) is 0. The highest BCUT2D eigenvalue weighted by Crippen LogP contribution is 2.33. The van der Waals surface area contributed by atoms with E-state index in [1.807, 2.05) is 0 Å². The third-order valence-electron chi connectivity index (χ3n) is 4.40. The van der Waals surface area contributed by atoms with E-state index in [0.717, 1.165) is 30.1 Å². The standard InChI is InChI=1S/C15H26O/c1-12-3-6-14(7-4-12)9-10-15-8-5-13(2)16-11-15/h5,12,14-15H,3-4,6-11H2,1-2H3. The van der Waals surface area contributed by atoms with Gasteiger partial charge in [0.2, 0.25) is 0 Å². The summed E-state index contributed by atoms with van der Waals surface area (Å²) in [5, 5.41) is 0. The predicted molar refractivity (Wildman–Crippen MR) is 68.2 cm³/mol. The van der Waals surface area contributed by atoms with Gasteiger partial charge in [0.05, 0.1) is 12.4 Å². The summed E-state index contributed by atoms with van der Waals surface area (Å²) in [7, 11) is 0. The first-order valence-corrected chi connectivity index (χ1v) is 7.03. The van der Waals surface area contributed by atoms with Gasteiger partial charge in [0.1, 0.15) is 0 Å². The SMILES string of the molecule is CC1=CCC(CCC2CCC(C)CC2)CO1. The second-order valence-corrected chi connectivity index (χ2v) is 5.93. The second kappa shape index (κ2) is 5.75. The summed E-state index contributed by atoms with van der Waals surface area (Å²) in [6, 6.07) is 0. The van der Waals surface area contributed by atoms with Crippen LogP contribution in [-0.4, -0.2) is 6.61 Å². The molecule has 2 rings (SSSR count). The fourth-order valence-electron chi connectivity index (χ4n) is 3.00. The van der Waals surface area contributed by atoms with Crippen molar-refractivity contribution in [2.45, 2.75) is 58.8 Å². The molecule has 1 heterocycles. The van der Waals surface area contributed by atoms with Crippen LogP contribution in [0.5, 0.6) is 0 Å². The Morgan fingerprint density at radius 1 is 1.12 bits per heavy atom. The van der Waals surface area contributed by atoms with Gasteiger partial charge in [-0.2, -0.15) is 0 Å². The number of rotatable bonds is 3. The molecule has 0 radical (unpaired) electrons. The lowest BCUT2D eigenvalue weighted by Crippen LogP contribution is -2.17. The highest BCUT2D eigenvalue weighted by atomic mass is 16.5. The Labute approximate surface area is 100 Å². The molecule has 1 unspecified atom stereocenters. The van der Waals surface area contributed by atoms with Crippen molar-refractivity contribution in [2.24, 2.45) is 17.8 Å². The zero-order valence-corrected chi connectivity index (χ0v) is 10.9. The Morgan fingerprint density at radius 3 is 2.44 bits per heavy atom. The summed E-state index contributed by atoms with van der Waals surface area (Å²) in [6.07, 6.45) is 12.2. The van der Waals surface area contributed by atoms with E-state index < -0.39 is 0 Å². The van der Waals surface area contributed by atoms with Crippen LogP contribution in [0.15, 0.2) is 11.8 Å². The van der Waals surface area contributed by atoms with E-state index in [-0.39, 0.29) is 0 Å². The highest BCUT2D eigenvalue weighted by Gasteiger charge is 2.20. The van der Waals surface area contributed by atoms with Crippen molar-refractivity contribution in [2.75, 3.05) is 6.61 Å². The van der Waals surface area contributed by atoms with Crippen LogP contribution < -0.4 is 0 Å². The molecule has 1 aliphatic heterocycles. The largest absolute Gasteiger partial charge is 0.498 e. The first kappa shape index (κ1) is 12.0. The highest BCUT2D eigenvalue weighted by molar-refractivity contribution is 4.94. The molecule has 1 nitrogen and oxygen atoms in total. The van der Waals surface area contributed by atoms with Crippen LogP contribution >= 0.6 is 0 Å². The minimum absolute atomic E-state index is 0.794. The average molecular weight is 222 g/mol. The molecule has 0 spiro atoms. The van der Waals surface area contributed by atoms with Crippen molar-refractivity contribution >= 4 is 0 Å². The van der Waals surface area contributed by atoms with Crippen molar-refractivity contribution in [3.63, 3.8) is 0 Å². The maximum absolute atomic E-state index is 5.61. The van der Waals surface area contributed by atoms with Gasteiger partial charge in [-0.25, -0.2) is 0 Å². The zero-order chi connectivity index (χ0) is 11.4. The van der Waals surface area contributed by atoms with Crippen LogP contribution in [0.4, 0.5) is 0 Å². The summed E-state index contributed by atoms with van der Waals surface area (Å²) in [6.45, 7) is 5.43. The van der Waals surface area contributed by atoms with Gasteiger partial charge in [-0.1, -0.05) is 39.0 Å². The summed E-state index contributed by atoms with van der Waals surface area (Å²) in [5.41, 5.74) is 0. The summed E-state index contributed by atoms with van der Waals surface area (Å²) < 4.78 is 5.61. The number of ether oxygens (including phenoxy) is 1. The van der Waals surface area contributed by atoms with Crippen LogP contribution in [0.2, 0.25) is 0 Å². The van der Waals surface area contributed by atoms with E-state index in [4.69, 9.17) is 4.74 Å². The fraction of sp³-hybridized carbons (Fsp3) is 0.867. The van der Waals surface area contributed by atoms with Crippen LogP contribution in [0, 0.1) is 17.8 Å². The molecule has 0 aromatic carbocycles. The van der Waals surface area contributed by atoms with E-state index >= 15 is 0 Å². The van der Waals surface area contributed by atoms with Crippen LogP contribution in [0.25, 0.3) is 0 Å². The molecule has 0 aromatic heterocycles. The molecular formula is C15H26O. The van der Waals surface area contributed by atoms with Crippen molar-refractivity contribution < 1.29 is 4.74 Å². The molecule has 1 heteroatoms. The fourth-order valence-corrected chi connectivity index (χ4v) is 3.00. The first-order chi connectivity index (χ1) is 7.74. The molecule has 0 aromatic rings. The maximum atomic E-state index is 5.61. The van der Waals surface area contributed by atoms with Crippen molar-refractivity contribution in [3.8, 4) is 0 Å². The van der Waals surface area contributed by atoms with Crippen molar-refractivity contribution in [3.05, 3.63) is 11.8 Å². The molecule has 1 saturated carbocycles. The van der Waals surface area contributed by atoms with Crippen LogP contribution in [0.1, 0.15) is 58.8 Å². The molecule has 0 saturated heterocycles. The molecule has 0 N–H and O–H groups in total. The van der Waals surface area contributed by atoms with Gasteiger partial charge in [-0.3, -0.25) is 0 Å². The molecule has 1 fully saturated rings. The van der Waals surface area contributed by atoms with Gasteiger partial charge in [0, 0.05) is 0 Å². The number of allylic oxidation sites excluding steroid dienone is 2. The molecular weight excluding hydrogens is 196 g/mol. The molecule has 0 amide bonds. The maximum Gasteiger partial charge on any atom is 0.0908 e. The average Bonchev–Trinajstić information content (AvgIpc) is 2.30. The smallest absolute Gasteiger partial charge is 0.0908 e. The van der Waals surface area contributed by atoms with Crippen molar-refractivity contribution in [1.82, 2.24) is 0 Å². The topological polar surface area (TPSA) is 9.23 Å².